The molecule has 0 fully saturated rings. The second kappa shape index (κ2) is 6.36. The van der Waals surface area contributed by atoms with Gasteiger partial charge in [0.15, 0.2) is 0 Å². The third kappa shape index (κ3) is 3.57. The van der Waals surface area contributed by atoms with Crippen LogP contribution in [0.15, 0.2) is 36.7 Å². The lowest BCUT2D eigenvalue weighted by molar-refractivity contribution is -0.384. The lowest BCUT2D eigenvalue weighted by Crippen LogP contribution is -2.36. The molecule has 2 rings (SSSR count). The molecule has 1 heterocycles. The van der Waals surface area contributed by atoms with E-state index in [1.165, 1.54) is 18.2 Å². The highest BCUT2D eigenvalue weighted by Gasteiger charge is 2.20. The summed E-state index contributed by atoms with van der Waals surface area (Å²) in [7, 11) is 0. The van der Waals surface area contributed by atoms with Crippen molar-refractivity contribution in [1.29, 1.82) is 0 Å². The van der Waals surface area contributed by atoms with Crippen molar-refractivity contribution in [2.24, 2.45) is 0 Å². The first kappa shape index (κ1) is 15.0. The number of carbonyl (C=O) groups is 1. The number of carbonyl (C=O) groups excluding carboxylic acids is 1. The maximum atomic E-state index is 12.1. The van der Waals surface area contributed by atoms with E-state index in [0.717, 1.165) is 0 Å². The maximum Gasteiger partial charge on any atom is 0.288 e. The van der Waals surface area contributed by atoms with Crippen LogP contribution in [0, 0.1) is 10.1 Å². The van der Waals surface area contributed by atoms with Crippen molar-refractivity contribution < 1.29 is 9.72 Å². The van der Waals surface area contributed by atoms with Crippen molar-refractivity contribution in [1.82, 2.24) is 15.1 Å². The van der Waals surface area contributed by atoms with Gasteiger partial charge in [-0.3, -0.25) is 19.6 Å². The maximum absolute atomic E-state index is 12.1. The number of benzene rings is 1. The van der Waals surface area contributed by atoms with Gasteiger partial charge in [-0.2, -0.15) is 5.10 Å². The van der Waals surface area contributed by atoms with Crippen LogP contribution in [0.3, 0.4) is 0 Å². The molecule has 0 radical (unpaired) electrons. The van der Waals surface area contributed by atoms with Crippen LogP contribution in [0.4, 0.5) is 5.69 Å². The number of halogens is 1. The van der Waals surface area contributed by atoms with Gasteiger partial charge in [0.25, 0.3) is 11.6 Å². The molecule has 7 nitrogen and oxygen atoms in total. The molecule has 1 aromatic heterocycles. The highest BCUT2D eigenvalue weighted by molar-refractivity contribution is 6.35. The molecule has 0 saturated carbocycles. The van der Waals surface area contributed by atoms with E-state index < -0.39 is 10.8 Å². The van der Waals surface area contributed by atoms with Crippen LogP contribution in [-0.4, -0.2) is 26.7 Å². The molecule has 1 unspecified atom stereocenters. The van der Waals surface area contributed by atoms with E-state index >= 15 is 0 Å². The van der Waals surface area contributed by atoms with E-state index in [2.05, 4.69) is 10.4 Å². The minimum Gasteiger partial charge on any atom is -0.348 e. The fourth-order valence-corrected chi connectivity index (χ4v) is 2.15. The molecular weight excluding hydrogens is 296 g/mol. The molecule has 1 atom stereocenters. The Hall–Kier alpha value is -2.41. The monoisotopic (exact) mass is 308 g/mol. The SMILES string of the molecule is CC(Cn1cccn1)NC(=O)c1cccc([N+](=O)[O-])c1Cl. The van der Waals surface area contributed by atoms with Crippen LogP contribution < -0.4 is 5.32 Å². The molecule has 0 spiro atoms. The van der Waals surface area contributed by atoms with Crippen molar-refractivity contribution in [2.45, 2.75) is 19.5 Å². The Labute approximate surface area is 125 Å². The van der Waals surface area contributed by atoms with Crippen LogP contribution >= 0.6 is 11.6 Å². The summed E-state index contributed by atoms with van der Waals surface area (Å²) in [4.78, 5) is 22.3. The first-order chi connectivity index (χ1) is 9.99. The standard InChI is InChI=1S/C13H13ClN4O3/c1-9(8-17-7-3-6-15-17)16-13(19)10-4-2-5-11(12(10)14)18(20)21/h2-7,9H,8H2,1H3,(H,16,19). The molecule has 2 aromatic rings. The van der Waals surface area contributed by atoms with Gasteiger partial charge in [-0.25, -0.2) is 0 Å². The number of nitro benzene ring substituents is 1. The topological polar surface area (TPSA) is 90.1 Å². The number of amides is 1. The quantitative estimate of drug-likeness (QED) is 0.677. The minimum atomic E-state index is -0.619. The number of aromatic nitrogens is 2. The summed E-state index contributed by atoms with van der Waals surface area (Å²) in [5, 5.41) is 17.4. The lowest BCUT2D eigenvalue weighted by atomic mass is 10.1. The summed E-state index contributed by atoms with van der Waals surface area (Å²) in [6, 6.07) is 5.72. The predicted octanol–water partition coefficient (Wildman–Crippen LogP) is 2.26. The number of hydrogen-bond donors (Lipinski definition) is 1. The Morgan fingerprint density at radius 3 is 2.90 bits per heavy atom. The van der Waals surface area contributed by atoms with Gasteiger partial charge in [-0.1, -0.05) is 17.7 Å². The normalized spacial score (nSPS) is 11.9. The Morgan fingerprint density at radius 1 is 1.52 bits per heavy atom. The van der Waals surface area contributed by atoms with E-state index in [9.17, 15) is 14.9 Å². The Kier molecular flexibility index (Phi) is 4.54. The van der Waals surface area contributed by atoms with Crippen LogP contribution in [0.2, 0.25) is 5.02 Å². The van der Waals surface area contributed by atoms with Crippen LogP contribution in [-0.2, 0) is 6.54 Å². The Balaban J connectivity index is 2.10. The number of nitrogens with zero attached hydrogens (tertiary/aromatic N) is 3. The molecule has 0 bridgehead atoms. The Morgan fingerprint density at radius 2 is 2.29 bits per heavy atom. The van der Waals surface area contributed by atoms with Gasteiger partial charge in [0, 0.05) is 24.5 Å². The van der Waals surface area contributed by atoms with E-state index in [1.54, 1.807) is 23.1 Å². The summed E-state index contributed by atoms with van der Waals surface area (Å²) < 4.78 is 1.68. The average molecular weight is 309 g/mol. The third-order valence-corrected chi connectivity index (χ3v) is 3.21. The second-order valence-electron chi connectivity index (χ2n) is 4.50. The summed E-state index contributed by atoms with van der Waals surface area (Å²) in [5.74, 6) is -0.455. The number of rotatable bonds is 5. The number of hydrogen-bond acceptors (Lipinski definition) is 4. The fourth-order valence-electron chi connectivity index (χ4n) is 1.87. The summed E-state index contributed by atoms with van der Waals surface area (Å²) in [6.45, 7) is 2.30. The molecule has 1 N–H and O–H groups in total. The minimum absolute atomic E-state index is 0.0816. The number of nitro groups is 1. The molecule has 8 heteroatoms. The molecule has 21 heavy (non-hydrogen) atoms. The summed E-state index contributed by atoms with van der Waals surface area (Å²) in [6.07, 6.45) is 3.43. The van der Waals surface area contributed by atoms with E-state index in [4.69, 9.17) is 11.6 Å². The highest BCUT2D eigenvalue weighted by atomic mass is 35.5. The second-order valence-corrected chi connectivity index (χ2v) is 4.88. The zero-order chi connectivity index (χ0) is 15.4. The van der Waals surface area contributed by atoms with Gasteiger partial charge in [0.05, 0.1) is 17.0 Å². The van der Waals surface area contributed by atoms with E-state index in [1.807, 2.05) is 6.92 Å². The fraction of sp³-hybridized carbons (Fsp3) is 0.231. The molecule has 1 amide bonds. The van der Waals surface area contributed by atoms with Crippen molar-refractivity contribution >= 4 is 23.2 Å². The Bertz CT molecular complexity index is 657. The molecule has 0 aliphatic heterocycles. The first-order valence-corrected chi connectivity index (χ1v) is 6.58. The first-order valence-electron chi connectivity index (χ1n) is 6.20. The zero-order valence-corrected chi connectivity index (χ0v) is 11.9. The van der Waals surface area contributed by atoms with E-state index in [0.29, 0.717) is 6.54 Å². The van der Waals surface area contributed by atoms with Gasteiger partial charge < -0.3 is 5.32 Å². The van der Waals surface area contributed by atoms with Gasteiger partial charge in [-0.15, -0.1) is 0 Å². The zero-order valence-electron chi connectivity index (χ0n) is 11.2. The largest absolute Gasteiger partial charge is 0.348 e. The van der Waals surface area contributed by atoms with Crippen molar-refractivity contribution in [3.05, 3.63) is 57.4 Å². The molecule has 0 aliphatic carbocycles. The molecule has 0 saturated heterocycles. The van der Waals surface area contributed by atoms with Crippen LogP contribution in [0.25, 0.3) is 0 Å². The molecule has 1 aromatic carbocycles. The molecule has 110 valence electrons. The summed E-state index contributed by atoms with van der Waals surface area (Å²) >= 11 is 5.90. The van der Waals surface area contributed by atoms with Gasteiger partial charge >= 0.3 is 0 Å². The molecular formula is C13H13ClN4O3. The van der Waals surface area contributed by atoms with E-state index in [-0.39, 0.29) is 22.3 Å². The third-order valence-electron chi connectivity index (χ3n) is 2.82. The van der Waals surface area contributed by atoms with Crippen molar-refractivity contribution in [3.8, 4) is 0 Å². The molecule has 0 aliphatic rings. The van der Waals surface area contributed by atoms with Gasteiger partial charge in [0.2, 0.25) is 0 Å². The lowest BCUT2D eigenvalue weighted by Gasteiger charge is -2.14. The smallest absolute Gasteiger partial charge is 0.288 e. The highest BCUT2D eigenvalue weighted by Crippen LogP contribution is 2.27. The van der Waals surface area contributed by atoms with Gasteiger partial charge in [0.1, 0.15) is 5.02 Å². The van der Waals surface area contributed by atoms with Gasteiger partial charge in [-0.05, 0) is 19.1 Å². The van der Waals surface area contributed by atoms with Crippen molar-refractivity contribution in [2.75, 3.05) is 0 Å². The van der Waals surface area contributed by atoms with Crippen LogP contribution in [0.5, 0.6) is 0 Å². The predicted molar refractivity (Wildman–Crippen MR) is 77.3 cm³/mol. The van der Waals surface area contributed by atoms with Crippen molar-refractivity contribution in [3.63, 3.8) is 0 Å². The summed E-state index contributed by atoms with van der Waals surface area (Å²) in [5.41, 5.74) is -0.206. The number of nitrogens with one attached hydrogen (secondary N) is 1. The van der Waals surface area contributed by atoms with Crippen LogP contribution in [0.1, 0.15) is 17.3 Å². The average Bonchev–Trinajstić information content (AvgIpc) is 2.91.